The van der Waals surface area contributed by atoms with Crippen LogP contribution in [-0.2, 0) is 24.3 Å². The second-order valence-electron chi connectivity index (χ2n) is 5.36. The summed E-state index contributed by atoms with van der Waals surface area (Å²) in [6.45, 7) is 1.24. The first-order valence-electron chi connectivity index (χ1n) is 7.86. The largest absolute Gasteiger partial charge is 0.452 e. The number of nitriles is 1. The molecule has 10 heteroatoms. The summed E-state index contributed by atoms with van der Waals surface area (Å²) in [5.41, 5.74) is 0.601. The molecule has 142 valence electrons. The van der Waals surface area contributed by atoms with E-state index in [-0.39, 0.29) is 22.7 Å². The molecule has 0 aliphatic rings. The highest BCUT2D eigenvalue weighted by Crippen LogP contribution is 2.15. The van der Waals surface area contributed by atoms with Crippen LogP contribution < -0.4 is 10.0 Å². The molecule has 1 aromatic carbocycles. The third-order valence-corrected chi connectivity index (χ3v) is 6.22. The van der Waals surface area contributed by atoms with Crippen LogP contribution >= 0.6 is 11.3 Å². The first-order valence-corrected chi connectivity index (χ1v) is 10.2. The maximum absolute atomic E-state index is 12.1. The molecular weight excluding hydrogens is 390 g/mol. The first kappa shape index (κ1) is 20.6. The van der Waals surface area contributed by atoms with Gasteiger partial charge in [0, 0.05) is 6.54 Å². The lowest BCUT2D eigenvalue weighted by Crippen LogP contribution is -2.32. The molecular formula is C17H17N3O5S2. The molecule has 2 aromatic rings. The number of para-hydroxylation sites is 1. The van der Waals surface area contributed by atoms with Gasteiger partial charge in [-0.1, -0.05) is 18.2 Å². The van der Waals surface area contributed by atoms with Crippen molar-refractivity contribution in [3.63, 3.8) is 0 Å². The third kappa shape index (κ3) is 5.89. The second kappa shape index (κ2) is 9.27. The van der Waals surface area contributed by atoms with Crippen LogP contribution in [0.1, 0.15) is 18.9 Å². The average Bonchev–Trinajstić information content (AvgIpc) is 3.17. The average molecular weight is 407 g/mol. The van der Waals surface area contributed by atoms with Gasteiger partial charge in [0.15, 0.2) is 6.10 Å². The Morgan fingerprint density at radius 2 is 2.00 bits per heavy atom. The molecule has 1 aromatic heterocycles. The molecule has 2 N–H and O–H groups in total. The molecule has 0 saturated carbocycles. The zero-order valence-electron chi connectivity index (χ0n) is 14.3. The normalized spacial score (nSPS) is 12.0. The van der Waals surface area contributed by atoms with Crippen LogP contribution in [0.25, 0.3) is 0 Å². The molecule has 27 heavy (non-hydrogen) atoms. The van der Waals surface area contributed by atoms with Crippen molar-refractivity contribution in [1.29, 1.82) is 5.26 Å². The van der Waals surface area contributed by atoms with Crippen LogP contribution in [0.4, 0.5) is 5.69 Å². The number of hydrogen-bond acceptors (Lipinski definition) is 7. The van der Waals surface area contributed by atoms with Crippen LogP contribution in [-0.4, -0.2) is 32.9 Å². The number of benzene rings is 1. The van der Waals surface area contributed by atoms with Gasteiger partial charge >= 0.3 is 5.97 Å². The number of thiophene rings is 1. The van der Waals surface area contributed by atoms with Gasteiger partial charge in [0.1, 0.15) is 10.3 Å². The smallest absolute Gasteiger partial charge is 0.307 e. The topological polar surface area (TPSA) is 125 Å². The highest BCUT2D eigenvalue weighted by Gasteiger charge is 2.20. The van der Waals surface area contributed by atoms with E-state index in [0.29, 0.717) is 5.69 Å². The fraction of sp³-hybridized carbons (Fsp3) is 0.235. The van der Waals surface area contributed by atoms with Gasteiger partial charge in [-0.15, -0.1) is 11.3 Å². The van der Waals surface area contributed by atoms with Crippen molar-refractivity contribution >= 4 is 38.9 Å². The van der Waals surface area contributed by atoms with E-state index in [1.54, 1.807) is 35.7 Å². The number of sulfonamides is 1. The lowest BCUT2D eigenvalue weighted by Gasteiger charge is -2.14. The van der Waals surface area contributed by atoms with Crippen molar-refractivity contribution < 1.29 is 22.7 Å². The van der Waals surface area contributed by atoms with E-state index in [1.165, 1.54) is 13.0 Å². The Hall–Kier alpha value is -2.74. The number of anilines is 1. The lowest BCUT2D eigenvalue weighted by molar-refractivity contribution is -0.152. The van der Waals surface area contributed by atoms with Crippen molar-refractivity contribution in [2.45, 2.75) is 23.7 Å². The summed E-state index contributed by atoms with van der Waals surface area (Å²) in [5.74, 6) is -1.31. The molecule has 1 amide bonds. The quantitative estimate of drug-likeness (QED) is 0.644. The SMILES string of the molecule is CC(OC(=O)CCNS(=O)(=O)c1cccs1)C(=O)Nc1ccccc1C#N. The van der Waals surface area contributed by atoms with Gasteiger partial charge in [-0.3, -0.25) is 9.59 Å². The van der Waals surface area contributed by atoms with Crippen LogP contribution in [0, 0.1) is 11.3 Å². The van der Waals surface area contributed by atoms with E-state index in [1.807, 2.05) is 6.07 Å². The summed E-state index contributed by atoms with van der Waals surface area (Å²) >= 11 is 1.06. The Morgan fingerprint density at radius 1 is 1.26 bits per heavy atom. The zero-order chi connectivity index (χ0) is 19.9. The number of esters is 1. The predicted octanol–water partition coefficient (Wildman–Crippen LogP) is 1.86. The van der Waals surface area contributed by atoms with Gasteiger partial charge in [-0.25, -0.2) is 13.1 Å². The zero-order valence-corrected chi connectivity index (χ0v) is 16.0. The van der Waals surface area contributed by atoms with Crippen molar-refractivity contribution in [3.8, 4) is 6.07 Å². The molecule has 0 aliphatic heterocycles. The molecule has 2 rings (SSSR count). The second-order valence-corrected chi connectivity index (χ2v) is 8.30. The highest BCUT2D eigenvalue weighted by molar-refractivity contribution is 7.91. The summed E-state index contributed by atoms with van der Waals surface area (Å²) in [7, 11) is -3.65. The van der Waals surface area contributed by atoms with E-state index >= 15 is 0 Å². The minimum absolute atomic E-state index is 0.148. The Kier molecular flexibility index (Phi) is 7.06. The van der Waals surface area contributed by atoms with Crippen LogP contribution in [0.5, 0.6) is 0 Å². The summed E-state index contributed by atoms with van der Waals surface area (Å²) < 4.78 is 31.3. The number of ether oxygens (including phenoxy) is 1. The van der Waals surface area contributed by atoms with Crippen molar-refractivity contribution in [1.82, 2.24) is 4.72 Å². The monoisotopic (exact) mass is 407 g/mol. The fourth-order valence-corrected chi connectivity index (χ4v) is 4.08. The maximum Gasteiger partial charge on any atom is 0.307 e. The molecule has 1 atom stereocenters. The summed E-state index contributed by atoms with van der Waals surface area (Å²) in [6.07, 6.45) is -1.32. The molecule has 1 unspecified atom stereocenters. The van der Waals surface area contributed by atoms with E-state index in [0.717, 1.165) is 11.3 Å². The molecule has 0 bridgehead atoms. The van der Waals surface area contributed by atoms with Crippen molar-refractivity contribution in [2.24, 2.45) is 0 Å². The summed E-state index contributed by atoms with van der Waals surface area (Å²) in [5, 5.41) is 13.2. The molecule has 0 saturated heterocycles. The van der Waals surface area contributed by atoms with Crippen molar-refractivity contribution in [2.75, 3.05) is 11.9 Å². The molecule has 0 aliphatic carbocycles. The summed E-state index contributed by atoms with van der Waals surface area (Å²) in [6, 6.07) is 11.4. The lowest BCUT2D eigenvalue weighted by atomic mass is 10.2. The van der Waals surface area contributed by atoms with E-state index < -0.39 is 28.0 Å². The van der Waals surface area contributed by atoms with Gasteiger partial charge in [0.05, 0.1) is 17.7 Å². The molecule has 0 spiro atoms. The Morgan fingerprint density at radius 3 is 2.67 bits per heavy atom. The Labute approximate surface area is 160 Å². The number of rotatable bonds is 8. The minimum atomic E-state index is -3.65. The van der Waals surface area contributed by atoms with Crippen LogP contribution in [0.2, 0.25) is 0 Å². The molecule has 0 radical (unpaired) electrons. The Bertz CT molecular complexity index is 949. The van der Waals surface area contributed by atoms with E-state index in [2.05, 4.69) is 10.0 Å². The van der Waals surface area contributed by atoms with Gasteiger partial charge < -0.3 is 10.1 Å². The minimum Gasteiger partial charge on any atom is -0.452 e. The maximum atomic E-state index is 12.1. The number of carbonyl (C=O) groups excluding carboxylic acids is 2. The Balaban J connectivity index is 1.81. The van der Waals surface area contributed by atoms with Gasteiger partial charge in [0.2, 0.25) is 10.0 Å². The fourth-order valence-electron chi connectivity index (χ4n) is 2.01. The van der Waals surface area contributed by atoms with Crippen LogP contribution in [0.15, 0.2) is 46.0 Å². The van der Waals surface area contributed by atoms with Crippen molar-refractivity contribution in [3.05, 3.63) is 47.3 Å². The van der Waals surface area contributed by atoms with Crippen LogP contribution in [0.3, 0.4) is 0 Å². The number of carbonyl (C=O) groups is 2. The molecule has 1 heterocycles. The first-order chi connectivity index (χ1) is 12.8. The molecule has 8 nitrogen and oxygen atoms in total. The molecule has 0 fully saturated rings. The predicted molar refractivity (Wildman–Crippen MR) is 99.5 cm³/mol. The van der Waals surface area contributed by atoms with Gasteiger partial charge in [-0.05, 0) is 30.5 Å². The number of nitrogens with zero attached hydrogens (tertiary/aromatic N) is 1. The summed E-state index contributed by atoms with van der Waals surface area (Å²) in [4.78, 5) is 23.9. The van der Waals surface area contributed by atoms with E-state index in [4.69, 9.17) is 10.00 Å². The van der Waals surface area contributed by atoms with Gasteiger partial charge in [0.25, 0.3) is 5.91 Å². The number of nitrogens with one attached hydrogen (secondary N) is 2. The van der Waals surface area contributed by atoms with Gasteiger partial charge in [-0.2, -0.15) is 5.26 Å². The standard InChI is InChI=1S/C17H17N3O5S2/c1-12(17(22)20-14-6-3-2-5-13(14)11-18)25-15(21)8-9-19-27(23,24)16-7-4-10-26-16/h2-7,10,12,19H,8-9H2,1H3,(H,20,22). The van der Waals surface area contributed by atoms with E-state index in [9.17, 15) is 18.0 Å². The number of hydrogen-bond donors (Lipinski definition) is 2. The highest BCUT2D eigenvalue weighted by atomic mass is 32.2. The number of amides is 1. The third-order valence-electron chi connectivity index (χ3n) is 3.36.